The molecule has 0 aromatic heterocycles. The van der Waals surface area contributed by atoms with Crippen LogP contribution in [0.2, 0.25) is 0 Å². The van der Waals surface area contributed by atoms with Crippen LogP contribution in [-0.2, 0) is 14.8 Å². The maximum Gasteiger partial charge on any atom is 0.286 e. The lowest BCUT2D eigenvalue weighted by molar-refractivity contribution is -0.116. The average Bonchev–Trinajstić information content (AvgIpc) is 2.61. The maximum absolute atomic E-state index is 12.2. The lowest BCUT2D eigenvalue weighted by Crippen LogP contribution is -2.22. The average molecular weight is 386 g/mol. The largest absolute Gasteiger partial charge is 0.366 e. The van der Waals surface area contributed by atoms with Crippen molar-refractivity contribution in [2.45, 2.75) is 24.2 Å². The third-order valence-electron chi connectivity index (χ3n) is 3.94. The Bertz CT molecular complexity index is 1010. The van der Waals surface area contributed by atoms with Gasteiger partial charge >= 0.3 is 0 Å². The van der Waals surface area contributed by atoms with Gasteiger partial charge in [0.1, 0.15) is 10.7 Å². The first kappa shape index (κ1) is 18.6. The van der Waals surface area contributed by atoms with Gasteiger partial charge in [0.25, 0.3) is 10.0 Å². The minimum Gasteiger partial charge on any atom is -0.366 e. The first-order chi connectivity index (χ1) is 12.8. The summed E-state index contributed by atoms with van der Waals surface area (Å²) < 4.78 is 28.1. The fraction of sp³-hybridized carbons (Fsp3) is 0.167. The molecule has 140 valence electrons. The van der Waals surface area contributed by atoms with Crippen molar-refractivity contribution in [1.82, 2.24) is 0 Å². The van der Waals surface area contributed by atoms with E-state index in [9.17, 15) is 18.0 Å². The number of nitrogens with one attached hydrogen (secondary N) is 2. The highest BCUT2D eigenvalue weighted by atomic mass is 32.2. The van der Waals surface area contributed by atoms with E-state index in [2.05, 4.69) is 15.0 Å². The molecule has 2 amide bonds. The Morgan fingerprint density at radius 1 is 1.07 bits per heavy atom. The molecular formula is C18H18N4O4S. The molecule has 2 aromatic rings. The molecule has 0 saturated heterocycles. The summed E-state index contributed by atoms with van der Waals surface area (Å²) in [5.74, 6) is -0.445. The summed E-state index contributed by atoms with van der Waals surface area (Å²) in [7, 11) is -3.71. The molecule has 1 aliphatic heterocycles. The second kappa shape index (κ2) is 7.58. The van der Waals surface area contributed by atoms with E-state index in [1.54, 1.807) is 30.3 Å². The van der Waals surface area contributed by atoms with Crippen molar-refractivity contribution in [3.63, 3.8) is 0 Å². The van der Waals surface area contributed by atoms with Crippen LogP contribution in [-0.4, -0.2) is 26.1 Å². The van der Waals surface area contributed by atoms with E-state index in [1.165, 1.54) is 18.2 Å². The van der Waals surface area contributed by atoms with Gasteiger partial charge in [0.15, 0.2) is 0 Å². The van der Waals surface area contributed by atoms with Gasteiger partial charge in [-0.2, -0.15) is 8.42 Å². The van der Waals surface area contributed by atoms with Crippen LogP contribution in [0.3, 0.4) is 0 Å². The minimum absolute atomic E-state index is 0.144. The quantitative estimate of drug-likeness (QED) is 0.700. The van der Waals surface area contributed by atoms with E-state index in [0.29, 0.717) is 35.6 Å². The van der Waals surface area contributed by atoms with Gasteiger partial charge in [-0.15, -0.1) is 4.40 Å². The third kappa shape index (κ3) is 4.50. The normalized spacial score (nSPS) is 14.4. The summed E-state index contributed by atoms with van der Waals surface area (Å²) in [6.45, 7) is 0. The number of benzene rings is 2. The standard InChI is InChI=1S/C18H18N4O4S/c19-18(24)12-8-10-13(11-9-12)20-17(23)7-3-6-16-21-14-4-1-2-5-15(14)27(25,26)22-16/h1-2,4-5,8-11H,3,6-7H2,(H2,19,24)(H,20,23)(H,21,22). The summed E-state index contributed by atoms with van der Waals surface area (Å²) in [5, 5.41) is 5.70. The summed E-state index contributed by atoms with van der Waals surface area (Å²) in [4.78, 5) is 23.2. The molecule has 0 bridgehead atoms. The number of hydrogen-bond donors (Lipinski definition) is 3. The van der Waals surface area contributed by atoms with Gasteiger partial charge in [0.05, 0.1) is 5.69 Å². The van der Waals surface area contributed by atoms with E-state index >= 15 is 0 Å². The molecule has 0 saturated carbocycles. The van der Waals surface area contributed by atoms with Gasteiger partial charge in [-0.05, 0) is 42.8 Å². The van der Waals surface area contributed by atoms with Gasteiger partial charge in [-0.1, -0.05) is 12.1 Å². The molecule has 0 aliphatic carbocycles. The van der Waals surface area contributed by atoms with Crippen LogP contribution in [0.5, 0.6) is 0 Å². The molecule has 2 aromatic carbocycles. The van der Waals surface area contributed by atoms with Crippen LogP contribution in [0.1, 0.15) is 29.6 Å². The Kier molecular flexibility index (Phi) is 5.22. The van der Waals surface area contributed by atoms with Gasteiger partial charge in [-0.3, -0.25) is 9.59 Å². The summed E-state index contributed by atoms with van der Waals surface area (Å²) >= 11 is 0. The summed E-state index contributed by atoms with van der Waals surface area (Å²) in [6, 6.07) is 12.8. The number of carbonyl (C=O) groups excluding carboxylic acids is 2. The van der Waals surface area contributed by atoms with Gasteiger partial charge in [0.2, 0.25) is 11.8 Å². The van der Waals surface area contributed by atoms with Crippen molar-refractivity contribution < 1.29 is 18.0 Å². The number of sulfonamides is 1. The van der Waals surface area contributed by atoms with Crippen LogP contribution in [0.25, 0.3) is 0 Å². The molecule has 8 nitrogen and oxygen atoms in total. The molecule has 3 rings (SSSR count). The minimum atomic E-state index is -3.71. The van der Waals surface area contributed by atoms with Crippen molar-refractivity contribution in [3.8, 4) is 0 Å². The van der Waals surface area contributed by atoms with Crippen molar-refractivity contribution in [3.05, 3.63) is 54.1 Å². The number of amides is 2. The number of anilines is 2. The highest BCUT2D eigenvalue weighted by Gasteiger charge is 2.23. The fourth-order valence-electron chi connectivity index (χ4n) is 2.63. The molecule has 0 fully saturated rings. The molecule has 0 atom stereocenters. The lowest BCUT2D eigenvalue weighted by Gasteiger charge is -2.17. The Balaban J connectivity index is 1.53. The number of para-hydroxylation sites is 1. The predicted molar refractivity (Wildman–Crippen MR) is 102 cm³/mol. The van der Waals surface area contributed by atoms with Crippen LogP contribution >= 0.6 is 0 Å². The number of nitrogens with two attached hydrogens (primary N) is 1. The van der Waals surface area contributed by atoms with Crippen molar-refractivity contribution in [2.75, 3.05) is 10.6 Å². The second-order valence-electron chi connectivity index (χ2n) is 5.98. The topological polar surface area (TPSA) is 131 Å². The predicted octanol–water partition coefficient (Wildman–Crippen LogP) is 2.11. The molecule has 4 N–H and O–H groups in total. The highest BCUT2D eigenvalue weighted by Crippen LogP contribution is 2.27. The monoisotopic (exact) mass is 386 g/mol. The SMILES string of the molecule is NC(=O)c1ccc(NC(=O)CCCC2=NS(=O)(=O)c3ccccc3N2)cc1. The number of nitrogens with zero attached hydrogens (tertiary/aromatic N) is 1. The lowest BCUT2D eigenvalue weighted by atomic mass is 10.2. The first-order valence-corrected chi connectivity index (χ1v) is 9.69. The van der Waals surface area contributed by atoms with E-state index in [1.807, 2.05) is 0 Å². The maximum atomic E-state index is 12.2. The Morgan fingerprint density at radius 2 is 1.78 bits per heavy atom. The Hall–Kier alpha value is -3.20. The van der Waals surface area contributed by atoms with E-state index < -0.39 is 15.9 Å². The van der Waals surface area contributed by atoms with Crippen LogP contribution in [0, 0.1) is 0 Å². The van der Waals surface area contributed by atoms with Gasteiger partial charge < -0.3 is 16.4 Å². The molecule has 9 heteroatoms. The van der Waals surface area contributed by atoms with E-state index in [-0.39, 0.29) is 17.2 Å². The fourth-order valence-corrected chi connectivity index (χ4v) is 3.81. The van der Waals surface area contributed by atoms with Crippen LogP contribution < -0.4 is 16.4 Å². The molecule has 0 unspecified atom stereocenters. The molecule has 1 aliphatic rings. The second-order valence-corrected chi connectivity index (χ2v) is 7.55. The van der Waals surface area contributed by atoms with Crippen molar-refractivity contribution in [1.29, 1.82) is 0 Å². The molecular weight excluding hydrogens is 368 g/mol. The highest BCUT2D eigenvalue weighted by molar-refractivity contribution is 7.90. The Morgan fingerprint density at radius 3 is 2.48 bits per heavy atom. The number of carbonyl (C=O) groups is 2. The Labute approximate surface area is 156 Å². The van der Waals surface area contributed by atoms with Gasteiger partial charge in [-0.25, -0.2) is 0 Å². The summed E-state index contributed by atoms with van der Waals surface area (Å²) in [5.41, 5.74) is 6.56. The smallest absolute Gasteiger partial charge is 0.286 e. The van der Waals surface area contributed by atoms with Crippen molar-refractivity contribution >= 4 is 39.0 Å². The zero-order valence-corrected chi connectivity index (χ0v) is 15.1. The third-order valence-corrected chi connectivity index (χ3v) is 5.32. The molecule has 0 radical (unpaired) electrons. The summed E-state index contributed by atoms with van der Waals surface area (Å²) in [6.07, 6.45) is 0.941. The zero-order valence-electron chi connectivity index (χ0n) is 14.3. The number of hydrogen-bond acceptors (Lipinski definition) is 5. The van der Waals surface area contributed by atoms with Crippen molar-refractivity contribution in [2.24, 2.45) is 10.1 Å². The number of rotatable bonds is 6. The first-order valence-electron chi connectivity index (χ1n) is 8.25. The molecule has 0 spiro atoms. The van der Waals surface area contributed by atoms with Gasteiger partial charge in [0, 0.05) is 24.1 Å². The number of primary amides is 1. The zero-order chi connectivity index (χ0) is 19.4. The molecule has 27 heavy (non-hydrogen) atoms. The van der Waals surface area contributed by atoms with Crippen LogP contribution in [0.4, 0.5) is 11.4 Å². The van der Waals surface area contributed by atoms with E-state index in [0.717, 1.165) is 0 Å². The van der Waals surface area contributed by atoms with E-state index in [4.69, 9.17) is 5.73 Å². The number of fused-ring (bicyclic) bond motifs is 1. The van der Waals surface area contributed by atoms with Crippen LogP contribution in [0.15, 0.2) is 57.8 Å². The number of amidine groups is 1. The molecule has 1 heterocycles.